The Hall–Kier alpha value is -1.30. The lowest BCUT2D eigenvalue weighted by atomic mass is 10.1. The Morgan fingerprint density at radius 3 is 2.54 bits per heavy atom. The van der Waals surface area contributed by atoms with E-state index in [9.17, 15) is 0 Å². The van der Waals surface area contributed by atoms with Gasteiger partial charge in [0, 0.05) is 12.1 Å². The average molecular weight is 174 g/mol. The van der Waals surface area contributed by atoms with Crippen LogP contribution in [0.4, 0.5) is 0 Å². The minimum Gasteiger partial charge on any atom is -0.326 e. The van der Waals surface area contributed by atoms with E-state index < -0.39 is 0 Å². The van der Waals surface area contributed by atoms with Crippen LogP contribution < -0.4 is 11.1 Å². The number of nitrogens with two attached hydrogens (primary N) is 1. The molecule has 0 heterocycles. The van der Waals surface area contributed by atoms with E-state index in [4.69, 9.17) is 5.73 Å². The molecule has 0 atom stereocenters. The van der Waals surface area contributed by atoms with Gasteiger partial charge in [-0.3, -0.25) is 0 Å². The molecule has 0 aliphatic rings. The van der Waals surface area contributed by atoms with Crippen molar-refractivity contribution in [3.8, 4) is 11.8 Å². The molecule has 0 amide bonds. The monoisotopic (exact) mass is 174 g/mol. The van der Waals surface area contributed by atoms with Gasteiger partial charge in [-0.25, -0.2) is 0 Å². The fraction of sp³-hybridized carbons (Fsp3) is 0.273. The molecule has 0 bridgehead atoms. The smallest absolute Gasteiger partial charge is 0.0577 e. The number of rotatable bonds is 2. The van der Waals surface area contributed by atoms with Gasteiger partial charge in [0.15, 0.2) is 0 Å². The maximum absolute atomic E-state index is 5.48. The number of hydrogen-bond acceptors (Lipinski definition) is 2. The van der Waals surface area contributed by atoms with E-state index in [2.05, 4.69) is 17.2 Å². The Morgan fingerprint density at radius 2 is 2.00 bits per heavy atom. The van der Waals surface area contributed by atoms with Gasteiger partial charge in [0.25, 0.3) is 0 Å². The highest BCUT2D eigenvalue weighted by molar-refractivity contribution is 5.36. The molecule has 0 radical (unpaired) electrons. The van der Waals surface area contributed by atoms with Crippen molar-refractivity contribution in [3.05, 3.63) is 35.4 Å². The predicted molar refractivity (Wildman–Crippen MR) is 55.1 cm³/mol. The molecule has 0 saturated carbocycles. The highest BCUT2D eigenvalue weighted by atomic mass is 14.8. The molecule has 68 valence electrons. The third-order valence-corrected chi connectivity index (χ3v) is 1.69. The second-order valence-corrected chi connectivity index (χ2v) is 2.73. The van der Waals surface area contributed by atoms with Gasteiger partial charge >= 0.3 is 0 Å². The molecule has 2 nitrogen and oxygen atoms in total. The summed E-state index contributed by atoms with van der Waals surface area (Å²) in [6.07, 6.45) is 0. The Labute approximate surface area is 79.1 Å². The average Bonchev–Trinajstić information content (AvgIpc) is 2.19. The van der Waals surface area contributed by atoms with Gasteiger partial charge in [-0.15, -0.1) is 0 Å². The second kappa shape index (κ2) is 5.36. The third kappa shape index (κ3) is 3.29. The van der Waals surface area contributed by atoms with Crippen LogP contribution in [0.3, 0.4) is 0 Å². The fourth-order valence-corrected chi connectivity index (χ4v) is 0.959. The first-order valence-electron chi connectivity index (χ1n) is 4.29. The minimum absolute atomic E-state index is 0.588. The SMILES string of the molecule is CNCC#Cc1ccc(CN)cc1. The molecular formula is C11H14N2. The molecule has 1 rings (SSSR count). The molecule has 0 aliphatic carbocycles. The van der Waals surface area contributed by atoms with E-state index in [1.54, 1.807) is 0 Å². The highest BCUT2D eigenvalue weighted by Gasteiger charge is 1.88. The maximum Gasteiger partial charge on any atom is 0.0577 e. The van der Waals surface area contributed by atoms with Gasteiger partial charge in [-0.2, -0.15) is 0 Å². The standard InChI is InChI=1S/C11H14N2/c1-13-8-2-3-10-4-6-11(9-12)7-5-10/h4-7,13H,8-9,12H2,1H3. The molecule has 13 heavy (non-hydrogen) atoms. The maximum atomic E-state index is 5.48. The Balaban J connectivity index is 2.65. The Kier molecular flexibility index (Phi) is 4.04. The molecule has 1 aromatic carbocycles. The summed E-state index contributed by atoms with van der Waals surface area (Å²) in [6, 6.07) is 7.99. The van der Waals surface area contributed by atoms with E-state index in [1.165, 1.54) is 0 Å². The van der Waals surface area contributed by atoms with Crippen molar-refractivity contribution < 1.29 is 0 Å². The lowest BCUT2D eigenvalue weighted by molar-refractivity contribution is 0.938. The van der Waals surface area contributed by atoms with Crippen LogP contribution in [0.25, 0.3) is 0 Å². The normalized spacial score (nSPS) is 9.08. The first kappa shape index (κ1) is 9.79. The third-order valence-electron chi connectivity index (χ3n) is 1.69. The summed E-state index contributed by atoms with van der Waals surface area (Å²) in [6.45, 7) is 1.31. The Bertz CT molecular complexity index is 303. The first-order valence-corrected chi connectivity index (χ1v) is 4.29. The fourth-order valence-electron chi connectivity index (χ4n) is 0.959. The van der Waals surface area contributed by atoms with Gasteiger partial charge < -0.3 is 11.1 Å². The largest absolute Gasteiger partial charge is 0.326 e. The summed E-state index contributed by atoms with van der Waals surface area (Å²) < 4.78 is 0. The van der Waals surface area contributed by atoms with Crippen molar-refractivity contribution in [2.75, 3.05) is 13.6 Å². The Morgan fingerprint density at radius 1 is 1.31 bits per heavy atom. The van der Waals surface area contributed by atoms with Crippen LogP contribution in [0.5, 0.6) is 0 Å². The van der Waals surface area contributed by atoms with E-state index in [-0.39, 0.29) is 0 Å². The van der Waals surface area contributed by atoms with E-state index in [0.717, 1.165) is 17.7 Å². The summed E-state index contributed by atoms with van der Waals surface area (Å²) in [5.41, 5.74) is 7.65. The van der Waals surface area contributed by atoms with Crippen molar-refractivity contribution in [1.82, 2.24) is 5.32 Å². The topological polar surface area (TPSA) is 38.0 Å². The zero-order valence-corrected chi connectivity index (χ0v) is 7.80. The summed E-state index contributed by atoms with van der Waals surface area (Å²) in [5.74, 6) is 6.04. The van der Waals surface area contributed by atoms with E-state index >= 15 is 0 Å². The summed E-state index contributed by atoms with van der Waals surface area (Å²) in [4.78, 5) is 0. The minimum atomic E-state index is 0.588. The summed E-state index contributed by atoms with van der Waals surface area (Å²) in [5, 5.41) is 2.97. The highest BCUT2D eigenvalue weighted by Crippen LogP contribution is 2.01. The molecule has 0 saturated heterocycles. The van der Waals surface area contributed by atoms with Crippen molar-refractivity contribution in [3.63, 3.8) is 0 Å². The van der Waals surface area contributed by atoms with Crippen LogP contribution in [-0.4, -0.2) is 13.6 Å². The van der Waals surface area contributed by atoms with Crippen molar-refractivity contribution in [1.29, 1.82) is 0 Å². The van der Waals surface area contributed by atoms with Gasteiger partial charge in [-0.05, 0) is 24.7 Å². The van der Waals surface area contributed by atoms with Crippen LogP contribution in [0, 0.1) is 11.8 Å². The quantitative estimate of drug-likeness (QED) is 0.648. The number of nitrogens with one attached hydrogen (secondary N) is 1. The van der Waals surface area contributed by atoms with Crippen LogP contribution in [0.15, 0.2) is 24.3 Å². The molecule has 0 fully saturated rings. The van der Waals surface area contributed by atoms with Crippen molar-refractivity contribution in [2.24, 2.45) is 5.73 Å². The van der Waals surface area contributed by atoms with Crippen LogP contribution in [0.2, 0.25) is 0 Å². The lowest BCUT2D eigenvalue weighted by Crippen LogP contribution is -2.04. The van der Waals surface area contributed by atoms with Gasteiger partial charge in [-0.1, -0.05) is 24.0 Å². The van der Waals surface area contributed by atoms with Gasteiger partial charge in [0.1, 0.15) is 0 Å². The van der Waals surface area contributed by atoms with Crippen LogP contribution in [0.1, 0.15) is 11.1 Å². The van der Waals surface area contributed by atoms with Crippen LogP contribution in [-0.2, 0) is 6.54 Å². The molecule has 0 unspecified atom stereocenters. The lowest BCUT2D eigenvalue weighted by Gasteiger charge is -1.95. The van der Waals surface area contributed by atoms with E-state index in [1.807, 2.05) is 31.3 Å². The zero-order valence-electron chi connectivity index (χ0n) is 7.80. The van der Waals surface area contributed by atoms with Gasteiger partial charge in [0.05, 0.1) is 6.54 Å². The zero-order chi connectivity index (χ0) is 9.52. The molecular weight excluding hydrogens is 160 g/mol. The predicted octanol–water partition coefficient (Wildman–Crippen LogP) is 0.716. The molecule has 3 N–H and O–H groups in total. The summed E-state index contributed by atoms with van der Waals surface area (Å²) >= 11 is 0. The van der Waals surface area contributed by atoms with Gasteiger partial charge in [0.2, 0.25) is 0 Å². The molecule has 0 spiro atoms. The molecule has 2 heteroatoms. The first-order chi connectivity index (χ1) is 6.36. The van der Waals surface area contributed by atoms with Crippen molar-refractivity contribution >= 4 is 0 Å². The number of hydrogen-bond donors (Lipinski definition) is 2. The van der Waals surface area contributed by atoms with Crippen molar-refractivity contribution in [2.45, 2.75) is 6.54 Å². The number of benzene rings is 1. The molecule has 0 aromatic heterocycles. The van der Waals surface area contributed by atoms with Crippen LogP contribution >= 0.6 is 0 Å². The molecule has 1 aromatic rings. The molecule has 0 aliphatic heterocycles. The van der Waals surface area contributed by atoms with E-state index in [0.29, 0.717) is 6.54 Å². The second-order valence-electron chi connectivity index (χ2n) is 2.73. The summed E-state index contributed by atoms with van der Waals surface area (Å²) in [7, 11) is 1.88.